The van der Waals surface area contributed by atoms with Crippen LogP contribution in [0.3, 0.4) is 0 Å². The fraction of sp³-hybridized carbons (Fsp3) is 0.211. The number of nitrogens with one attached hydrogen (secondary N) is 2. The highest BCUT2D eigenvalue weighted by molar-refractivity contribution is 7.91. The van der Waals surface area contributed by atoms with Crippen LogP contribution in [0, 0.1) is 0 Å². The van der Waals surface area contributed by atoms with Crippen molar-refractivity contribution in [2.24, 2.45) is 5.14 Å². The van der Waals surface area contributed by atoms with Crippen molar-refractivity contribution in [3.05, 3.63) is 47.5 Å². The lowest BCUT2D eigenvalue weighted by atomic mass is 10.1. The summed E-state index contributed by atoms with van der Waals surface area (Å²) >= 11 is 1.04. The van der Waals surface area contributed by atoms with Crippen LogP contribution in [0.5, 0.6) is 0 Å². The van der Waals surface area contributed by atoms with Gasteiger partial charge in [0.15, 0.2) is 15.1 Å². The number of primary sulfonamides is 1. The van der Waals surface area contributed by atoms with Crippen molar-refractivity contribution < 1.29 is 31.5 Å². The van der Waals surface area contributed by atoms with Crippen LogP contribution in [-0.2, 0) is 24.7 Å². The van der Waals surface area contributed by atoms with Crippen LogP contribution < -0.4 is 15.8 Å². The number of aromatic nitrogens is 1. The quantitative estimate of drug-likeness (QED) is 0.350. The molecule has 1 heterocycles. The van der Waals surface area contributed by atoms with Gasteiger partial charge < -0.3 is 10.4 Å². The van der Waals surface area contributed by atoms with E-state index in [1.165, 1.54) is 0 Å². The van der Waals surface area contributed by atoms with Crippen LogP contribution >= 0.6 is 11.3 Å². The minimum Gasteiger partial charge on any atom is -0.465 e. The Balaban J connectivity index is 1.89. The Kier molecular flexibility index (Phi) is 7.02. The second-order valence-corrected chi connectivity index (χ2v) is 12.0. The van der Waals surface area contributed by atoms with Gasteiger partial charge in [0.1, 0.15) is 5.01 Å². The molecule has 33 heavy (non-hydrogen) atoms. The van der Waals surface area contributed by atoms with Crippen LogP contribution in [-0.4, -0.2) is 57.5 Å². The van der Waals surface area contributed by atoms with E-state index in [0.717, 1.165) is 28.7 Å². The number of sulfone groups is 1. The number of rotatable bonds is 8. The van der Waals surface area contributed by atoms with Crippen LogP contribution in [0.25, 0.3) is 21.3 Å². The van der Waals surface area contributed by atoms with E-state index in [-0.39, 0.29) is 11.6 Å². The van der Waals surface area contributed by atoms with Crippen LogP contribution in [0.15, 0.2) is 42.5 Å². The number of nitrogens with two attached hydrogens (primary N) is 1. The number of carboxylic acid groups (broad SMARTS) is 1. The minimum absolute atomic E-state index is 0.0544. The van der Waals surface area contributed by atoms with E-state index in [0.29, 0.717) is 15.9 Å². The molecule has 0 bridgehead atoms. The number of sulfonamides is 1. The van der Waals surface area contributed by atoms with E-state index in [1.54, 1.807) is 42.5 Å². The molecular formula is C19H20N4O7S3. The zero-order chi connectivity index (χ0) is 24.4. The molecule has 1 unspecified atom stereocenters. The summed E-state index contributed by atoms with van der Waals surface area (Å²) in [4.78, 5) is 27.6. The maximum atomic E-state index is 12.5. The highest BCUT2D eigenvalue weighted by Gasteiger charge is 2.34. The van der Waals surface area contributed by atoms with E-state index in [4.69, 9.17) is 10.2 Å². The smallest absolute Gasteiger partial charge is 0.409 e. The average Bonchev–Trinajstić information content (AvgIpc) is 3.08. The van der Waals surface area contributed by atoms with Crippen molar-refractivity contribution >= 4 is 59.1 Å². The molecule has 176 valence electrons. The number of fused-ring (bicyclic) bond motifs is 1. The molecule has 11 nitrogen and oxygen atoms in total. The Hall–Kier alpha value is -3.07. The van der Waals surface area contributed by atoms with Gasteiger partial charge in [-0.1, -0.05) is 18.2 Å². The van der Waals surface area contributed by atoms with Crippen molar-refractivity contribution in [1.29, 1.82) is 0 Å². The molecule has 14 heteroatoms. The molecule has 2 aromatic carbocycles. The second-order valence-electron chi connectivity index (χ2n) is 7.11. The zero-order valence-corrected chi connectivity index (χ0v) is 19.6. The lowest BCUT2D eigenvalue weighted by Gasteiger charge is -2.12. The van der Waals surface area contributed by atoms with E-state index < -0.39 is 42.9 Å². The van der Waals surface area contributed by atoms with Gasteiger partial charge in [-0.3, -0.25) is 10.1 Å². The van der Waals surface area contributed by atoms with Gasteiger partial charge in [-0.25, -0.2) is 31.8 Å². The van der Waals surface area contributed by atoms with Crippen LogP contribution in [0.2, 0.25) is 0 Å². The number of hydrogen-bond acceptors (Lipinski definition) is 8. The number of carbonyl (C=O) groups is 2. The molecule has 0 saturated heterocycles. The maximum Gasteiger partial charge on any atom is 0.409 e. The first-order valence-electron chi connectivity index (χ1n) is 9.31. The predicted octanol–water partition coefficient (Wildman–Crippen LogP) is 1.54. The Morgan fingerprint density at radius 3 is 2.30 bits per heavy atom. The summed E-state index contributed by atoms with van der Waals surface area (Å²) in [5.41, 5.74) is 2.49. The number of hydrogen-bond donors (Lipinski definition) is 4. The largest absolute Gasteiger partial charge is 0.465 e. The highest BCUT2D eigenvalue weighted by Crippen LogP contribution is 2.33. The zero-order valence-electron chi connectivity index (χ0n) is 17.2. The molecule has 0 spiro atoms. The number of benzene rings is 2. The third kappa shape index (κ3) is 6.47. The number of carbonyl (C=O) groups excluding carboxylic acids is 1. The molecule has 0 fully saturated rings. The fourth-order valence-electron chi connectivity index (χ4n) is 3.00. The first-order valence-corrected chi connectivity index (χ1v) is 13.8. The van der Waals surface area contributed by atoms with E-state index in [9.17, 15) is 26.4 Å². The molecule has 3 rings (SSSR count). The standard InChI is InChI=1S/C19H20N4O7S3/c1-32(27,28)16(17(24)21-8-9-33(20,29)30)18-23-14-7-4-12(10-15(14)31-18)11-2-5-13(6-3-11)22-19(25)26/h2-7,10,16,22H,8-9H2,1H3,(H,21,24)(H,25,26)(H2,20,29,30). The van der Waals surface area contributed by atoms with E-state index in [2.05, 4.69) is 15.6 Å². The lowest BCUT2D eigenvalue weighted by Crippen LogP contribution is -2.37. The molecule has 0 saturated carbocycles. The third-order valence-corrected chi connectivity index (χ3v) is 7.75. The summed E-state index contributed by atoms with van der Waals surface area (Å²) < 4.78 is 47.4. The first kappa shape index (κ1) is 24.6. The monoisotopic (exact) mass is 512 g/mol. The second kappa shape index (κ2) is 9.43. The van der Waals surface area contributed by atoms with Crippen LogP contribution in [0.4, 0.5) is 10.5 Å². The molecule has 3 aromatic rings. The van der Waals surface area contributed by atoms with Gasteiger partial charge in [0, 0.05) is 18.5 Å². The lowest BCUT2D eigenvalue weighted by molar-refractivity contribution is -0.120. The molecule has 2 amide bonds. The molecule has 5 N–H and O–H groups in total. The first-order chi connectivity index (χ1) is 15.3. The number of amides is 2. The summed E-state index contributed by atoms with van der Waals surface area (Å²) in [5, 5.41) is 16.7. The van der Waals surface area contributed by atoms with Crippen LogP contribution in [0.1, 0.15) is 10.3 Å². The average molecular weight is 513 g/mol. The van der Waals surface area contributed by atoms with Crippen molar-refractivity contribution in [1.82, 2.24) is 10.3 Å². The summed E-state index contributed by atoms with van der Waals surface area (Å²) in [6.07, 6.45) is -0.267. The van der Waals surface area contributed by atoms with E-state index >= 15 is 0 Å². The molecule has 0 aliphatic rings. The Morgan fingerprint density at radius 1 is 1.09 bits per heavy atom. The Labute approximate surface area is 193 Å². The summed E-state index contributed by atoms with van der Waals surface area (Å²) in [6, 6.07) is 11.9. The summed E-state index contributed by atoms with van der Waals surface area (Å²) in [5.74, 6) is -1.42. The molecule has 0 aliphatic carbocycles. The Morgan fingerprint density at radius 2 is 1.73 bits per heavy atom. The number of nitrogens with zero attached hydrogens (tertiary/aromatic N) is 1. The molecular weight excluding hydrogens is 492 g/mol. The van der Waals surface area contributed by atoms with Crippen molar-refractivity contribution in [2.45, 2.75) is 5.25 Å². The molecule has 1 aromatic heterocycles. The van der Waals surface area contributed by atoms with Crippen molar-refractivity contribution in [3.63, 3.8) is 0 Å². The summed E-state index contributed by atoms with van der Waals surface area (Å²) in [6.45, 7) is -0.328. The topological polar surface area (TPSA) is 186 Å². The van der Waals surface area contributed by atoms with Gasteiger partial charge in [0.05, 0.1) is 16.0 Å². The van der Waals surface area contributed by atoms with Crippen molar-refractivity contribution in [3.8, 4) is 11.1 Å². The summed E-state index contributed by atoms with van der Waals surface area (Å²) in [7, 11) is -7.72. The predicted molar refractivity (Wildman–Crippen MR) is 125 cm³/mol. The van der Waals surface area contributed by atoms with Crippen molar-refractivity contribution in [2.75, 3.05) is 23.9 Å². The highest BCUT2D eigenvalue weighted by atomic mass is 32.2. The molecule has 0 radical (unpaired) electrons. The number of anilines is 1. The van der Waals surface area contributed by atoms with Gasteiger partial charge in [-0.15, -0.1) is 11.3 Å². The van der Waals surface area contributed by atoms with Gasteiger partial charge in [0.25, 0.3) is 0 Å². The minimum atomic E-state index is -3.91. The van der Waals surface area contributed by atoms with E-state index in [1.807, 2.05) is 0 Å². The molecule has 0 aliphatic heterocycles. The van der Waals surface area contributed by atoms with Gasteiger partial charge in [0.2, 0.25) is 15.9 Å². The fourth-order valence-corrected chi connectivity index (χ4v) is 5.94. The normalized spacial score (nSPS) is 12.9. The third-order valence-electron chi connectivity index (χ3n) is 4.45. The SMILES string of the molecule is CS(=O)(=O)C(C(=O)NCCS(N)(=O)=O)c1nc2ccc(-c3ccc(NC(=O)O)cc3)cc2s1. The maximum absolute atomic E-state index is 12.5. The Bertz CT molecular complexity index is 1420. The van der Waals surface area contributed by atoms with Gasteiger partial charge in [-0.2, -0.15) is 0 Å². The van der Waals surface area contributed by atoms with Gasteiger partial charge >= 0.3 is 6.09 Å². The molecule has 1 atom stereocenters. The van der Waals surface area contributed by atoms with Gasteiger partial charge in [-0.05, 0) is 35.4 Å². The number of thiazole rings is 1.